The van der Waals surface area contributed by atoms with E-state index in [1.165, 1.54) is 17.0 Å². The van der Waals surface area contributed by atoms with Crippen molar-refractivity contribution in [1.29, 1.82) is 0 Å². The molecule has 17 N–H and O–H groups in total. The molecule has 0 aromatic heterocycles. The van der Waals surface area contributed by atoms with E-state index in [4.69, 9.17) is 33.4 Å². The first-order chi connectivity index (χ1) is 37.8. The number of aliphatic imine (C=N–C) groups is 1. The highest BCUT2D eigenvalue weighted by atomic mass is 33.1. The van der Waals surface area contributed by atoms with Gasteiger partial charge in [-0.25, -0.2) is 0 Å². The highest BCUT2D eigenvalue weighted by molar-refractivity contribution is 8.76. The van der Waals surface area contributed by atoms with Gasteiger partial charge in [0.05, 0.1) is 18.4 Å². The summed E-state index contributed by atoms with van der Waals surface area (Å²) in [6, 6.07) is 4.72. The molecule has 2 aromatic rings. The number of hydrogen-bond acceptors (Lipinski definition) is 16. The van der Waals surface area contributed by atoms with Crippen LogP contribution in [0, 0.1) is 5.41 Å². The third-order valence-electron chi connectivity index (χ3n) is 12.3. The summed E-state index contributed by atoms with van der Waals surface area (Å²) in [5, 5.41) is 18.0. The molecule has 29 heteroatoms. The van der Waals surface area contributed by atoms with Gasteiger partial charge in [0, 0.05) is 50.3 Å². The number of ether oxygens (including phenoxy) is 1. The molecule has 0 radical (unpaired) electrons. The number of amides is 11. The molecule has 2 heterocycles. The molecule has 7 atom stereocenters. The Kier molecular flexibility index (Phi) is 25.5. The van der Waals surface area contributed by atoms with Crippen LogP contribution in [0.25, 0.3) is 0 Å². The quantitative estimate of drug-likeness (QED) is 0.0156. The molecule has 436 valence electrons. The fraction of sp³-hybridized carbons (Fsp3) is 0.510. The Morgan fingerprint density at radius 1 is 0.738 bits per heavy atom. The summed E-state index contributed by atoms with van der Waals surface area (Å²) in [6.45, 7) is 4.67. The van der Waals surface area contributed by atoms with Gasteiger partial charge in [0.15, 0.2) is 5.96 Å². The van der Waals surface area contributed by atoms with Crippen molar-refractivity contribution in [2.75, 3.05) is 31.1 Å². The minimum atomic E-state index is -1.79. The summed E-state index contributed by atoms with van der Waals surface area (Å²) in [7, 11) is 2.17. The lowest BCUT2D eigenvalue weighted by molar-refractivity contribution is -0.143. The van der Waals surface area contributed by atoms with Crippen molar-refractivity contribution in [2.45, 2.75) is 127 Å². The average Bonchev–Trinajstić information content (AvgIpc) is 3.94. The molecular weight excluding hydrogens is 1080 g/mol. The van der Waals surface area contributed by atoms with Crippen molar-refractivity contribution >= 4 is 98.5 Å². The Hall–Kier alpha value is -7.95. The fourth-order valence-electron chi connectivity index (χ4n) is 8.10. The first-order valence-electron chi connectivity index (χ1n) is 25.7. The molecule has 2 aliphatic heterocycles. The van der Waals surface area contributed by atoms with Gasteiger partial charge in [0.2, 0.25) is 65.0 Å². The molecule has 11 amide bonds. The number of primary amides is 3. The Balaban J connectivity index is 1.70. The van der Waals surface area contributed by atoms with Gasteiger partial charge in [-0.2, -0.15) is 0 Å². The summed E-state index contributed by atoms with van der Waals surface area (Å²) in [5.74, 6) is -10.1. The number of rotatable bonds is 20. The lowest BCUT2D eigenvalue weighted by atomic mass is 9.97. The van der Waals surface area contributed by atoms with Gasteiger partial charge in [-0.05, 0) is 76.1 Å². The summed E-state index contributed by atoms with van der Waals surface area (Å²) >= 11 is 0. The van der Waals surface area contributed by atoms with Crippen LogP contribution in [0.3, 0.4) is 0 Å². The molecule has 4 rings (SSSR count). The van der Waals surface area contributed by atoms with Crippen LogP contribution in [0.15, 0.2) is 59.6 Å². The van der Waals surface area contributed by atoms with Crippen LogP contribution in [-0.2, 0) is 70.4 Å². The lowest BCUT2D eigenvalue weighted by Crippen LogP contribution is -2.61. The van der Waals surface area contributed by atoms with Crippen LogP contribution < -0.4 is 70.6 Å². The number of esters is 1. The first-order valence-corrected chi connectivity index (χ1v) is 28.2. The predicted molar refractivity (Wildman–Crippen MR) is 296 cm³/mol. The van der Waals surface area contributed by atoms with E-state index >= 15 is 0 Å². The Bertz CT molecular complexity index is 2600. The minimum absolute atomic E-state index is 0.00616. The first kappa shape index (κ1) is 64.6. The van der Waals surface area contributed by atoms with Crippen LogP contribution in [0.2, 0.25) is 0 Å². The highest BCUT2D eigenvalue weighted by Crippen LogP contribution is 2.26. The van der Waals surface area contributed by atoms with E-state index in [2.05, 4.69) is 42.2 Å². The smallest absolute Gasteiger partial charge is 0.316 e. The molecular formula is C51H72N14O13S2. The van der Waals surface area contributed by atoms with Crippen molar-refractivity contribution in [3.63, 3.8) is 0 Å². The van der Waals surface area contributed by atoms with Gasteiger partial charge in [0.1, 0.15) is 48.0 Å². The molecule has 0 bridgehead atoms. The van der Waals surface area contributed by atoms with Crippen molar-refractivity contribution < 1.29 is 62.3 Å². The molecule has 0 saturated carbocycles. The number of nitrogens with one attached hydrogen (secondary N) is 7. The number of nitrogens with zero attached hydrogens (tertiary/aromatic N) is 2. The number of hydrogen-bond donors (Lipinski definition) is 12. The molecule has 2 fully saturated rings. The van der Waals surface area contributed by atoms with Crippen LogP contribution in [0.4, 0.5) is 0 Å². The summed E-state index contributed by atoms with van der Waals surface area (Å²) in [6.07, 6.45) is -1.48. The summed E-state index contributed by atoms with van der Waals surface area (Å²) in [4.78, 5) is 167. The monoisotopic (exact) mass is 1150 g/mol. The molecule has 0 aliphatic carbocycles. The minimum Gasteiger partial charge on any atom is -0.426 e. The van der Waals surface area contributed by atoms with Crippen LogP contribution in [0.1, 0.15) is 83.3 Å². The molecule has 0 spiro atoms. The molecule has 2 aromatic carbocycles. The second-order valence-electron chi connectivity index (χ2n) is 20.0. The third kappa shape index (κ3) is 22.1. The van der Waals surface area contributed by atoms with Crippen molar-refractivity contribution in [3.05, 3.63) is 65.7 Å². The van der Waals surface area contributed by atoms with E-state index in [9.17, 15) is 57.5 Å². The lowest BCUT2D eigenvalue weighted by Gasteiger charge is -2.31. The second kappa shape index (κ2) is 31.6. The molecule has 80 heavy (non-hydrogen) atoms. The molecule has 2 aliphatic rings. The van der Waals surface area contributed by atoms with E-state index in [1.54, 1.807) is 63.2 Å². The highest BCUT2D eigenvalue weighted by Gasteiger charge is 2.40. The van der Waals surface area contributed by atoms with E-state index in [-0.39, 0.29) is 74.8 Å². The van der Waals surface area contributed by atoms with Gasteiger partial charge in [0.25, 0.3) is 0 Å². The number of likely N-dealkylation sites (tertiary alicyclic amines) is 1. The van der Waals surface area contributed by atoms with Gasteiger partial charge >= 0.3 is 5.97 Å². The van der Waals surface area contributed by atoms with Crippen molar-refractivity contribution in [2.24, 2.45) is 39.1 Å². The summed E-state index contributed by atoms with van der Waals surface area (Å²) < 4.78 is 5.49. The van der Waals surface area contributed by atoms with E-state index in [1.807, 2.05) is 0 Å². The van der Waals surface area contributed by atoms with Gasteiger partial charge < -0.3 is 75.5 Å². The maximum Gasteiger partial charge on any atom is 0.316 e. The second-order valence-corrected chi connectivity index (χ2v) is 22.6. The van der Waals surface area contributed by atoms with Crippen LogP contribution in [-0.4, -0.2) is 155 Å². The average molecular weight is 1150 g/mol. The topological polar surface area (TPSA) is 444 Å². The third-order valence-corrected chi connectivity index (χ3v) is 14.7. The Labute approximate surface area is 470 Å². The fourth-order valence-corrected chi connectivity index (χ4v) is 10.2. The van der Waals surface area contributed by atoms with E-state index < -0.39 is 144 Å². The van der Waals surface area contributed by atoms with Gasteiger partial charge in [-0.15, -0.1) is 0 Å². The zero-order chi connectivity index (χ0) is 59.1. The SMILES string of the molecule is CC(C)(C)C(=O)Oc1ccc(CC2NC(=O)CCSSCC(C(=O)N3CCC[C@H]3C(=O)N[C@H](CCCN=C(N)N)C(=O)NCC(N)=O)NC(=O)[C@H](CC(N)=O)NC(=O)[C@H](CCC(N)=O)NC(=O)C(Cc3ccccc3)NC2=O)cc1. The maximum atomic E-state index is 14.6. The molecule has 2 saturated heterocycles. The number of carbonyl (C=O) groups is 12. The maximum absolute atomic E-state index is 14.6. The number of guanidine groups is 1. The zero-order valence-corrected chi connectivity index (χ0v) is 46.4. The Morgan fingerprint density at radius 3 is 1.95 bits per heavy atom. The van der Waals surface area contributed by atoms with Crippen molar-refractivity contribution in [3.8, 4) is 5.75 Å². The summed E-state index contributed by atoms with van der Waals surface area (Å²) in [5.41, 5.74) is 27.4. The van der Waals surface area contributed by atoms with E-state index in [0.29, 0.717) is 17.5 Å². The normalized spacial score (nSPS) is 21.1. The molecule has 3 unspecified atom stereocenters. The zero-order valence-electron chi connectivity index (χ0n) is 44.7. The standard InChI is InChI=1S/C51H72N14O13S2/c1-51(2,3)49(77)78-30-15-13-29(14-16-30)24-33-44(72)62-34(23-28-9-5-4-6-10-28)45(73)60-32(17-18-38(52)66)43(71)63-35(25-39(53)67)46(74)64-36(27-80-79-22-19-41(69)59-33)48(76)65-21-8-12-37(65)47(75)61-31(11-7-20-57-50(55)56)42(70)58-26-40(54)68/h4-6,9-10,13-16,31-37H,7-8,11-12,17-27H2,1-3H3,(H2,52,66)(H2,53,67)(H2,54,68)(H,58,70)(H,59,69)(H,60,73)(H,61,75)(H,62,72)(H,63,71)(H,64,74)(H4,55,56,57)/t31-,32+,33?,34?,35+,36?,37+/m1/s1. The predicted octanol–water partition coefficient (Wildman–Crippen LogP) is -3.10. The van der Waals surface area contributed by atoms with E-state index in [0.717, 1.165) is 21.6 Å². The van der Waals surface area contributed by atoms with Crippen LogP contribution in [0.5, 0.6) is 5.75 Å². The number of nitrogens with two attached hydrogens (primary N) is 5. The number of benzene rings is 2. The van der Waals surface area contributed by atoms with Gasteiger partial charge in [-0.3, -0.25) is 62.5 Å². The number of carbonyl (C=O) groups excluding carboxylic acids is 12. The van der Waals surface area contributed by atoms with Gasteiger partial charge in [-0.1, -0.05) is 64.1 Å². The largest absolute Gasteiger partial charge is 0.426 e. The van der Waals surface area contributed by atoms with Crippen molar-refractivity contribution in [1.82, 2.24) is 42.1 Å². The Morgan fingerprint density at radius 2 is 1.34 bits per heavy atom. The molecule has 27 nitrogen and oxygen atoms in total. The van der Waals surface area contributed by atoms with Crippen LogP contribution >= 0.6 is 21.6 Å².